The van der Waals surface area contributed by atoms with Gasteiger partial charge < -0.3 is 5.32 Å². The second kappa shape index (κ2) is 6.53. The minimum atomic E-state index is 0.496. The number of rotatable bonds is 5. The van der Waals surface area contributed by atoms with E-state index < -0.39 is 0 Å². The lowest BCUT2D eigenvalue weighted by Gasteiger charge is -2.38. The highest BCUT2D eigenvalue weighted by Gasteiger charge is 2.33. The summed E-state index contributed by atoms with van der Waals surface area (Å²) in [5.41, 5.74) is 0.496. The lowest BCUT2D eigenvalue weighted by atomic mass is 9.71. The van der Waals surface area contributed by atoms with Crippen LogP contribution in [-0.4, -0.2) is 12.6 Å². The molecule has 1 aromatic rings. The van der Waals surface area contributed by atoms with Gasteiger partial charge in [-0.25, -0.2) is 0 Å². The van der Waals surface area contributed by atoms with Gasteiger partial charge in [-0.1, -0.05) is 33.1 Å². The Labute approximate surface area is 123 Å². The standard InChI is InChI=1S/C15H24BrNS/c1-12(2)17-11-15(7-4-3-5-8-15)10-14-13(16)6-9-18-14/h6,9,12,17H,3-5,7-8,10-11H2,1-2H3. The van der Waals surface area contributed by atoms with Crippen molar-refractivity contribution < 1.29 is 0 Å². The van der Waals surface area contributed by atoms with Gasteiger partial charge in [-0.2, -0.15) is 0 Å². The Morgan fingerprint density at radius 2 is 2.06 bits per heavy atom. The second-order valence-electron chi connectivity index (χ2n) is 5.96. The minimum absolute atomic E-state index is 0.496. The number of hydrogen-bond donors (Lipinski definition) is 1. The summed E-state index contributed by atoms with van der Waals surface area (Å²) in [6.45, 7) is 5.67. The Morgan fingerprint density at radius 1 is 1.33 bits per heavy atom. The molecule has 0 amide bonds. The average Bonchev–Trinajstić information content (AvgIpc) is 2.74. The van der Waals surface area contributed by atoms with Crippen LogP contribution < -0.4 is 5.32 Å². The molecule has 1 aromatic heterocycles. The van der Waals surface area contributed by atoms with Gasteiger partial charge in [-0.3, -0.25) is 0 Å². The largest absolute Gasteiger partial charge is 0.314 e. The van der Waals surface area contributed by atoms with E-state index in [1.807, 2.05) is 11.3 Å². The van der Waals surface area contributed by atoms with Gasteiger partial charge in [-0.15, -0.1) is 11.3 Å². The fourth-order valence-corrected chi connectivity index (χ4v) is 4.60. The smallest absolute Gasteiger partial charge is 0.0314 e. The van der Waals surface area contributed by atoms with E-state index in [0.717, 1.165) is 0 Å². The zero-order chi connectivity index (χ0) is 13.0. The summed E-state index contributed by atoms with van der Waals surface area (Å²) in [6, 6.07) is 2.78. The molecule has 1 nitrogen and oxygen atoms in total. The maximum atomic E-state index is 3.69. The highest BCUT2D eigenvalue weighted by atomic mass is 79.9. The van der Waals surface area contributed by atoms with Crippen LogP contribution in [0.25, 0.3) is 0 Å². The maximum absolute atomic E-state index is 3.69. The summed E-state index contributed by atoms with van der Waals surface area (Å²) >= 11 is 5.59. The van der Waals surface area contributed by atoms with Crippen molar-refractivity contribution in [1.29, 1.82) is 0 Å². The van der Waals surface area contributed by atoms with Gasteiger partial charge in [0.15, 0.2) is 0 Å². The lowest BCUT2D eigenvalue weighted by Crippen LogP contribution is -2.40. The SMILES string of the molecule is CC(C)NCC1(Cc2sccc2Br)CCCCC1. The van der Waals surface area contributed by atoms with Crippen LogP contribution in [-0.2, 0) is 6.42 Å². The fourth-order valence-electron chi connectivity index (χ4n) is 2.93. The van der Waals surface area contributed by atoms with Crippen molar-refractivity contribution in [3.63, 3.8) is 0 Å². The van der Waals surface area contributed by atoms with Crippen molar-refractivity contribution in [3.8, 4) is 0 Å². The number of nitrogens with one attached hydrogen (secondary N) is 1. The molecule has 0 spiro atoms. The summed E-state index contributed by atoms with van der Waals surface area (Å²) < 4.78 is 1.31. The van der Waals surface area contributed by atoms with Crippen molar-refractivity contribution in [2.75, 3.05) is 6.54 Å². The number of thiophene rings is 1. The first-order valence-corrected chi connectivity index (χ1v) is 8.74. The maximum Gasteiger partial charge on any atom is 0.0314 e. The van der Waals surface area contributed by atoms with Crippen LogP contribution in [0.1, 0.15) is 50.8 Å². The Hall–Kier alpha value is 0.140. The molecule has 1 heterocycles. The molecule has 1 aliphatic carbocycles. The van der Waals surface area contributed by atoms with E-state index in [1.165, 1.54) is 54.4 Å². The van der Waals surface area contributed by atoms with E-state index in [2.05, 4.69) is 46.5 Å². The van der Waals surface area contributed by atoms with E-state index in [9.17, 15) is 0 Å². The molecule has 2 rings (SSSR count). The molecule has 1 fully saturated rings. The van der Waals surface area contributed by atoms with Crippen molar-refractivity contribution in [2.45, 2.75) is 58.4 Å². The molecule has 0 saturated heterocycles. The third-order valence-electron chi connectivity index (χ3n) is 4.03. The zero-order valence-electron chi connectivity index (χ0n) is 11.5. The lowest BCUT2D eigenvalue weighted by molar-refractivity contribution is 0.177. The van der Waals surface area contributed by atoms with Gasteiger partial charge in [0.2, 0.25) is 0 Å². The van der Waals surface area contributed by atoms with E-state index in [-0.39, 0.29) is 0 Å². The highest BCUT2D eigenvalue weighted by Crippen LogP contribution is 2.41. The van der Waals surface area contributed by atoms with Crippen LogP contribution in [0.2, 0.25) is 0 Å². The molecular formula is C15H24BrNS. The van der Waals surface area contributed by atoms with Gasteiger partial charge in [-0.05, 0) is 52.1 Å². The van der Waals surface area contributed by atoms with Crippen LogP contribution >= 0.6 is 27.3 Å². The van der Waals surface area contributed by atoms with Crippen molar-refractivity contribution >= 4 is 27.3 Å². The van der Waals surface area contributed by atoms with Crippen molar-refractivity contribution in [3.05, 3.63) is 20.8 Å². The van der Waals surface area contributed by atoms with Crippen LogP contribution in [0.4, 0.5) is 0 Å². The summed E-state index contributed by atoms with van der Waals surface area (Å²) in [5.74, 6) is 0. The van der Waals surface area contributed by atoms with E-state index >= 15 is 0 Å². The van der Waals surface area contributed by atoms with Crippen LogP contribution in [0, 0.1) is 5.41 Å². The molecule has 1 N–H and O–H groups in total. The highest BCUT2D eigenvalue weighted by molar-refractivity contribution is 9.10. The summed E-state index contributed by atoms with van der Waals surface area (Å²) in [5, 5.41) is 5.88. The molecule has 0 aliphatic heterocycles. The van der Waals surface area contributed by atoms with E-state index in [0.29, 0.717) is 11.5 Å². The second-order valence-corrected chi connectivity index (χ2v) is 7.82. The van der Waals surface area contributed by atoms with Crippen LogP contribution in [0.3, 0.4) is 0 Å². The minimum Gasteiger partial charge on any atom is -0.314 e. The molecule has 102 valence electrons. The molecule has 0 unspecified atom stereocenters. The van der Waals surface area contributed by atoms with Gasteiger partial charge in [0.25, 0.3) is 0 Å². The van der Waals surface area contributed by atoms with Crippen molar-refractivity contribution in [1.82, 2.24) is 5.32 Å². The monoisotopic (exact) mass is 329 g/mol. The quantitative estimate of drug-likeness (QED) is 0.801. The van der Waals surface area contributed by atoms with Gasteiger partial charge in [0, 0.05) is 21.9 Å². The first kappa shape index (κ1) is 14.5. The van der Waals surface area contributed by atoms with E-state index in [4.69, 9.17) is 0 Å². The number of halogens is 1. The zero-order valence-corrected chi connectivity index (χ0v) is 13.9. The molecule has 18 heavy (non-hydrogen) atoms. The van der Waals surface area contributed by atoms with Gasteiger partial charge in [0.1, 0.15) is 0 Å². The summed E-state index contributed by atoms with van der Waals surface area (Å²) in [7, 11) is 0. The first-order chi connectivity index (χ1) is 8.61. The Balaban J connectivity index is 2.06. The topological polar surface area (TPSA) is 12.0 Å². The predicted molar refractivity (Wildman–Crippen MR) is 84.4 cm³/mol. The summed E-state index contributed by atoms with van der Waals surface area (Å²) in [6.07, 6.45) is 8.25. The third-order valence-corrected chi connectivity index (χ3v) is 5.95. The normalized spacial score (nSPS) is 19.3. The fraction of sp³-hybridized carbons (Fsp3) is 0.733. The molecule has 0 atom stereocenters. The van der Waals surface area contributed by atoms with Gasteiger partial charge in [0.05, 0.1) is 0 Å². The molecule has 0 radical (unpaired) electrons. The van der Waals surface area contributed by atoms with E-state index in [1.54, 1.807) is 0 Å². The average molecular weight is 330 g/mol. The first-order valence-electron chi connectivity index (χ1n) is 7.07. The van der Waals surface area contributed by atoms with Crippen LogP contribution in [0.15, 0.2) is 15.9 Å². The van der Waals surface area contributed by atoms with Gasteiger partial charge >= 0.3 is 0 Å². The molecule has 1 saturated carbocycles. The molecule has 0 aromatic carbocycles. The Kier molecular flexibility index (Phi) is 5.28. The Morgan fingerprint density at radius 3 is 2.61 bits per heavy atom. The number of hydrogen-bond acceptors (Lipinski definition) is 2. The predicted octanol–water partition coefficient (Wildman–Crippen LogP) is 5.00. The molecule has 3 heteroatoms. The summed E-state index contributed by atoms with van der Waals surface area (Å²) in [4.78, 5) is 1.53. The molecule has 0 bridgehead atoms. The Bertz CT molecular complexity index is 366. The van der Waals surface area contributed by atoms with Crippen molar-refractivity contribution in [2.24, 2.45) is 5.41 Å². The molecule has 1 aliphatic rings. The van der Waals surface area contributed by atoms with Crippen LogP contribution in [0.5, 0.6) is 0 Å². The molecular weight excluding hydrogens is 306 g/mol. The third kappa shape index (κ3) is 3.82.